The smallest absolute Gasteiger partial charge is 0.378 e. The minimum atomic E-state index is -0.566. The second kappa shape index (κ2) is 4.45. The molecule has 0 aliphatic carbocycles. The molecular formula is C13H8N2O2. The van der Waals surface area contributed by atoms with Gasteiger partial charge in [0.15, 0.2) is 10.8 Å². The summed E-state index contributed by atoms with van der Waals surface area (Å²) in [6.45, 7) is 0. The first-order valence-corrected chi connectivity index (χ1v) is 4.99. The number of rotatable bonds is 2. The van der Waals surface area contributed by atoms with Gasteiger partial charge in [-0.3, -0.25) is 4.79 Å². The summed E-state index contributed by atoms with van der Waals surface area (Å²) in [5.41, 5.74) is 0.304. The van der Waals surface area contributed by atoms with Gasteiger partial charge in [0.1, 0.15) is 0 Å². The summed E-state index contributed by atoms with van der Waals surface area (Å²) in [7, 11) is 0. The second-order valence-corrected chi connectivity index (χ2v) is 3.45. The lowest BCUT2D eigenvalue weighted by molar-refractivity contribution is -0.267. The molecule has 0 N–H and O–H groups in total. The molecule has 0 aliphatic rings. The van der Waals surface area contributed by atoms with Crippen LogP contribution in [0.25, 0.3) is 4.98 Å². The van der Waals surface area contributed by atoms with E-state index in [1.807, 2.05) is 0 Å². The molecule has 0 amide bonds. The van der Waals surface area contributed by atoms with Crippen LogP contribution in [0.5, 0.6) is 5.75 Å². The van der Waals surface area contributed by atoms with E-state index in [1.54, 1.807) is 30.3 Å². The van der Waals surface area contributed by atoms with Crippen molar-refractivity contribution in [3.63, 3.8) is 0 Å². The Morgan fingerprint density at radius 3 is 2.41 bits per heavy atom. The maximum atomic E-state index is 12.0. The van der Waals surface area contributed by atoms with Crippen molar-refractivity contribution in [1.82, 2.24) is 0 Å². The average molecular weight is 224 g/mol. The molecule has 0 aliphatic heterocycles. The van der Waals surface area contributed by atoms with Gasteiger partial charge < -0.3 is 5.11 Å². The van der Waals surface area contributed by atoms with Gasteiger partial charge in [0.2, 0.25) is 5.39 Å². The molecule has 2 rings (SSSR count). The van der Waals surface area contributed by atoms with Gasteiger partial charge in [-0.15, -0.1) is 0 Å². The van der Waals surface area contributed by atoms with Crippen LogP contribution in [0.1, 0.15) is 15.9 Å². The highest BCUT2D eigenvalue weighted by molar-refractivity contribution is 6.11. The number of hydrogen-bond donors (Lipinski definition) is 0. The molecule has 0 saturated carbocycles. The number of carbonyl (C=O) groups is 1. The highest BCUT2D eigenvalue weighted by Gasteiger charge is 2.15. The fraction of sp³-hybridized carbons (Fsp3) is 0. The van der Waals surface area contributed by atoms with Crippen LogP contribution in [0.3, 0.4) is 0 Å². The topological polar surface area (TPSA) is 68.3 Å². The SMILES string of the molecule is N#[N+]c1cccc(C(=O)c2ccccc2)c1[O-]. The number of carbonyl (C=O) groups excluding carboxylic acids is 1. The Bertz CT molecular complexity index is 601. The standard InChI is InChI=1S/C13H8N2O2/c14-15-11-8-4-7-10(13(11)17)12(16)9-5-2-1-3-6-9/h1-8H. The third-order valence-electron chi connectivity index (χ3n) is 2.38. The molecule has 0 radical (unpaired) electrons. The summed E-state index contributed by atoms with van der Waals surface area (Å²) in [6, 6.07) is 12.8. The van der Waals surface area contributed by atoms with E-state index in [9.17, 15) is 9.90 Å². The van der Waals surface area contributed by atoms with E-state index in [0.29, 0.717) is 5.56 Å². The molecule has 2 aromatic rings. The molecule has 0 heterocycles. The van der Waals surface area contributed by atoms with Crippen molar-refractivity contribution >= 4 is 11.5 Å². The predicted molar refractivity (Wildman–Crippen MR) is 60.5 cm³/mol. The minimum absolute atomic E-state index is 0.00602. The lowest BCUT2D eigenvalue weighted by Gasteiger charge is -2.08. The molecule has 0 bridgehead atoms. The molecule has 0 aromatic heterocycles. The van der Waals surface area contributed by atoms with Crippen LogP contribution in [0.4, 0.5) is 5.69 Å². The van der Waals surface area contributed by atoms with Gasteiger partial charge in [0.05, 0.1) is 0 Å². The molecule has 0 atom stereocenters. The van der Waals surface area contributed by atoms with Crippen molar-refractivity contribution in [3.05, 3.63) is 64.6 Å². The highest BCUT2D eigenvalue weighted by atomic mass is 16.3. The van der Waals surface area contributed by atoms with Gasteiger partial charge in [-0.2, -0.15) is 0 Å². The number of para-hydroxylation sites is 1. The van der Waals surface area contributed by atoms with Crippen molar-refractivity contribution in [2.75, 3.05) is 0 Å². The molecule has 82 valence electrons. The number of hydrogen-bond acceptors (Lipinski definition) is 3. The molecule has 0 spiro atoms. The Hall–Kier alpha value is -2.67. The van der Waals surface area contributed by atoms with Crippen LogP contribution in [-0.2, 0) is 0 Å². The van der Waals surface area contributed by atoms with Crippen LogP contribution in [0, 0.1) is 5.39 Å². The molecule has 17 heavy (non-hydrogen) atoms. The number of nitrogens with zero attached hydrogens (tertiary/aromatic N) is 2. The fourth-order valence-corrected chi connectivity index (χ4v) is 1.53. The van der Waals surface area contributed by atoms with E-state index in [0.717, 1.165) is 0 Å². The highest BCUT2D eigenvalue weighted by Crippen LogP contribution is 2.28. The van der Waals surface area contributed by atoms with E-state index in [-0.39, 0.29) is 17.0 Å². The zero-order chi connectivity index (χ0) is 12.3. The molecule has 0 unspecified atom stereocenters. The fourth-order valence-electron chi connectivity index (χ4n) is 1.53. The zero-order valence-corrected chi connectivity index (χ0v) is 8.83. The van der Waals surface area contributed by atoms with Crippen LogP contribution in [0.15, 0.2) is 48.5 Å². The van der Waals surface area contributed by atoms with Gasteiger partial charge in [0.25, 0.3) is 0 Å². The average Bonchev–Trinajstić information content (AvgIpc) is 2.39. The number of diazo groups is 1. The molecule has 0 saturated heterocycles. The van der Waals surface area contributed by atoms with Crippen LogP contribution in [0.2, 0.25) is 0 Å². The maximum Gasteiger partial charge on any atom is 0.378 e. The van der Waals surface area contributed by atoms with Crippen LogP contribution < -0.4 is 5.11 Å². The van der Waals surface area contributed by atoms with E-state index < -0.39 is 5.75 Å². The summed E-state index contributed by atoms with van der Waals surface area (Å²) in [4.78, 5) is 14.9. The largest absolute Gasteiger partial charge is 0.867 e. The predicted octanol–water partition coefficient (Wildman–Crippen LogP) is 2.48. The van der Waals surface area contributed by atoms with Gasteiger partial charge in [0, 0.05) is 22.9 Å². The van der Waals surface area contributed by atoms with Gasteiger partial charge in [-0.25, -0.2) is 0 Å². The van der Waals surface area contributed by atoms with E-state index >= 15 is 0 Å². The van der Waals surface area contributed by atoms with Crippen molar-refractivity contribution in [2.45, 2.75) is 0 Å². The normalized spacial score (nSPS) is 9.59. The summed E-state index contributed by atoms with van der Waals surface area (Å²) in [6.07, 6.45) is 0. The Labute approximate surface area is 97.8 Å². The van der Waals surface area contributed by atoms with Gasteiger partial charge >= 0.3 is 5.69 Å². The quantitative estimate of drug-likeness (QED) is 0.581. The van der Waals surface area contributed by atoms with Crippen molar-refractivity contribution < 1.29 is 9.90 Å². The summed E-state index contributed by atoms with van der Waals surface area (Å²) < 4.78 is 0. The van der Waals surface area contributed by atoms with E-state index in [1.165, 1.54) is 18.2 Å². The number of ketones is 1. The van der Waals surface area contributed by atoms with Crippen molar-refractivity contribution in [1.29, 1.82) is 5.39 Å². The van der Waals surface area contributed by atoms with Gasteiger partial charge in [-0.05, 0) is 0 Å². The molecule has 0 fully saturated rings. The Kier molecular flexibility index (Phi) is 2.84. The molecule has 4 nitrogen and oxygen atoms in total. The Morgan fingerprint density at radius 2 is 1.76 bits per heavy atom. The number of benzene rings is 2. The first-order chi connectivity index (χ1) is 8.24. The zero-order valence-electron chi connectivity index (χ0n) is 8.83. The second-order valence-electron chi connectivity index (χ2n) is 3.45. The lowest BCUT2D eigenvalue weighted by Crippen LogP contribution is -2.06. The summed E-state index contributed by atoms with van der Waals surface area (Å²) in [5, 5.41) is 20.3. The van der Waals surface area contributed by atoms with E-state index in [2.05, 4.69) is 4.98 Å². The monoisotopic (exact) mass is 224 g/mol. The van der Waals surface area contributed by atoms with Crippen LogP contribution in [-0.4, -0.2) is 5.78 Å². The lowest BCUT2D eigenvalue weighted by atomic mass is 10.0. The summed E-state index contributed by atoms with van der Waals surface area (Å²) in [5.74, 6) is -0.940. The molecule has 4 heteroatoms. The summed E-state index contributed by atoms with van der Waals surface area (Å²) >= 11 is 0. The molecule has 2 aromatic carbocycles. The first kappa shape index (κ1) is 10.8. The first-order valence-electron chi connectivity index (χ1n) is 4.99. The molecular weight excluding hydrogens is 216 g/mol. The Balaban J connectivity index is 2.50. The van der Waals surface area contributed by atoms with Gasteiger partial charge in [-0.1, -0.05) is 42.5 Å². The minimum Gasteiger partial charge on any atom is -0.867 e. The van der Waals surface area contributed by atoms with Crippen molar-refractivity contribution in [2.24, 2.45) is 0 Å². The maximum absolute atomic E-state index is 12.0. The van der Waals surface area contributed by atoms with E-state index in [4.69, 9.17) is 5.39 Å². The third kappa shape index (κ3) is 1.99. The van der Waals surface area contributed by atoms with Crippen molar-refractivity contribution in [3.8, 4) is 5.75 Å². The Morgan fingerprint density at radius 1 is 1.06 bits per heavy atom. The third-order valence-corrected chi connectivity index (χ3v) is 2.38. The van der Waals surface area contributed by atoms with Crippen LogP contribution >= 0.6 is 0 Å².